The molecule has 1 unspecified atom stereocenters. The van der Waals surface area contributed by atoms with Crippen LogP contribution in [0, 0.1) is 17.6 Å². The van der Waals surface area contributed by atoms with E-state index < -0.39 is 11.6 Å². The molecule has 18 heavy (non-hydrogen) atoms. The lowest BCUT2D eigenvalue weighted by atomic mass is 10.0. The Morgan fingerprint density at radius 2 is 2.22 bits per heavy atom. The molecule has 1 aromatic carbocycles. The molecule has 96 valence electrons. The SMILES string of the molecule is Fc1ccc2[nH]c(CCC3CCNC3)nc2c1F. The van der Waals surface area contributed by atoms with Gasteiger partial charge in [-0.15, -0.1) is 0 Å². The molecule has 3 rings (SSSR count). The Morgan fingerprint density at radius 3 is 3.00 bits per heavy atom. The second-order valence-corrected chi connectivity index (χ2v) is 4.84. The maximum absolute atomic E-state index is 13.5. The number of nitrogens with zero attached hydrogens (tertiary/aromatic N) is 1. The number of nitrogens with one attached hydrogen (secondary N) is 2. The predicted molar refractivity (Wildman–Crippen MR) is 65.3 cm³/mol. The van der Waals surface area contributed by atoms with Crippen LogP contribution in [0.5, 0.6) is 0 Å². The number of hydrogen-bond donors (Lipinski definition) is 2. The molecule has 0 spiro atoms. The van der Waals surface area contributed by atoms with Gasteiger partial charge in [0.15, 0.2) is 11.6 Å². The van der Waals surface area contributed by atoms with Crippen molar-refractivity contribution in [3.8, 4) is 0 Å². The molecule has 1 aliphatic rings. The average molecular weight is 251 g/mol. The zero-order valence-corrected chi connectivity index (χ0v) is 9.97. The monoisotopic (exact) mass is 251 g/mol. The topological polar surface area (TPSA) is 40.7 Å². The zero-order chi connectivity index (χ0) is 12.5. The first kappa shape index (κ1) is 11.6. The van der Waals surface area contributed by atoms with Gasteiger partial charge in [0.25, 0.3) is 0 Å². The zero-order valence-electron chi connectivity index (χ0n) is 9.97. The van der Waals surface area contributed by atoms with Gasteiger partial charge in [0.2, 0.25) is 0 Å². The van der Waals surface area contributed by atoms with E-state index in [2.05, 4.69) is 15.3 Å². The highest BCUT2D eigenvalue weighted by Crippen LogP contribution is 2.20. The summed E-state index contributed by atoms with van der Waals surface area (Å²) in [5.41, 5.74) is 0.669. The van der Waals surface area contributed by atoms with Crippen molar-refractivity contribution in [3.05, 3.63) is 29.6 Å². The first-order valence-electron chi connectivity index (χ1n) is 6.27. The van der Waals surface area contributed by atoms with Gasteiger partial charge >= 0.3 is 0 Å². The number of aromatic amines is 1. The highest BCUT2D eigenvalue weighted by Gasteiger charge is 2.16. The van der Waals surface area contributed by atoms with Crippen LogP contribution < -0.4 is 5.32 Å². The van der Waals surface area contributed by atoms with Crippen molar-refractivity contribution in [2.45, 2.75) is 19.3 Å². The van der Waals surface area contributed by atoms with E-state index in [1.54, 1.807) is 0 Å². The van der Waals surface area contributed by atoms with E-state index in [-0.39, 0.29) is 5.52 Å². The van der Waals surface area contributed by atoms with Gasteiger partial charge in [0.05, 0.1) is 5.52 Å². The quantitative estimate of drug-likeness (QED) is 0.879. The lowest BCUT2D eigenvalue weighted by Gasteiger charge is -2.05. The third-order valence-corrected chi connectivity index (χ3v) is 3.55. The van der Waals surface area contributed by atoms with Crippen LogP contribution in [0.4, 0.5) is 8.78 Å². The molecule has 0 amide bonds. The number of aryl methyl sites for hydroxylation is 1. The van der Waals surface area contributed by atoms with Crippen molar-refractivity contribution < 1.29 is 8.78 Å². The van der Waals surface area contributed by atoms with Crippen molar-refractivity contribution in [1.82, 2.24) is 15.3 Å². The van der Waals surface area contributed by atoms with Crippen LogP contribution in [-0.4, -0.2) is 23.1 Å². The summed E-state index contributed by atoms with van der Waals surface area (Å²) in [6.45, 7) is 2.12. The first-order valence-corrected chi connectivity index (χ1v) is 6.27. The molecule has 0 radical (unpaired) electrons. The molecule has 1 atom stereocenters. The Morgan fingerprint density at radius 1 is 1.33 bits per heavy atom. The fourth-order valence-corrected chi connectivity index (χ4v) is 2.49. The Hall–Kier alpha value is -1.49. The molecule has 1 aromatic heterocycles. The first-order chi connectivity index (χ1) is 8.74. The molecule has 0 saturated carbocycles. The number of imidazole rings is 1. The minimum Gasteiger partial charge on any atom is -0.342 e. The third-order valence-electron chi connectivity index (χ3n) is 3.55. The van der Waals surface area contributed by atoms with Gasteiger partial charge in [-0.25, -0.2) is 13.8 Å². The molecule has 1 fully saturated rings. The van der Waals surface area contributed by atoms with E-state index in [0.717, 1.165) is 37.8 Å². The van der Waals surface area contributed by atoms with Crippen molar-refractivity contribution in [2.75, 3.05) is 13.1 Å². The molecule has 2 aromatic rings. The van der Waals surface area contributed by atoms with Crippen LogP contribution in [0.15, 0.2) is 12.1 Å². The van der Waals surface area contributed by atoms with Crippen molar-refractivity contribution in [2.24, 2.45) is 5.92 Å². The van der Waals surface area contributed by atoms with Crippen molar-refractivity contribution in [1.29, 1.82) is 0 Å². The molecule has 1 aliphatic heterocycles. The molecule has 0 aliphatic carbocycles. The average Bonchev–Trinajstić information content (AvgIpc) is 3.00. The van der Waals surface area contributed by atoms with Gasteiger partial charge in [0, 0.05) is 6.42 Å². The van der Waals surface area contributed by atoms with Crippen LogP contribution in [0.1, 0.15) is 18.7 Å². The van der Waals surface area contributed by atoms with Gasteiger partial charge in [-0.3, -0.25) is 0 Å². The van der Waals surface area contributed by atoms with Gasteiger partial charge in [-0.2, -0.15) is 0 Å². The number of fused-ring (bicyclic) bond motifs is 1. The van der Waals surface area contributed by atoms with Crippen LogP contribution in [-0.2, 0) is 6.42 Å². The Bertz CT molecular complexity index is 559. The minimum absolute atomic E-state index is 0.106. The molecular weight excluding hydrogens is 236 g/mol. The second-order valence-electron chi connectivity index (χ2n) is 4.84. The van der Waals surface area contributed by atoms with E-state index in [0.29, 0.717) is 11.4 Å². The molecular formula is C13H15F2N3. The molecule has 0 bridgehead atoms. The fraction of sp³-hybridized carbons (Fsp3) is 0.462. The molecule has 2 heterocycles. The molecule has 2 N–H and O–H groups in total. The molecule has 1 saturated heterocycles. The van der Waals surface area contributed by atoms with Crippen molar-refractivity contribution in [3.63, 3.8) is 0 Å². The van der Waals surface area contributed by atoms with Gasteiger partial charge in [-0.1, -0.05) is 0 Å². The van der Waals surface area contributed by atoms with E-state index in [1.165, 1.54) is 12.5 Å². The Labute approximate surface area is 104 Å². The molecule has 3 nitrogen and oxygen atoms in total. The highest BCUT2D eigenvalue weighted by atomic mass is 19.2. The van der Waals surface area contributed by atoms with E-state index in [4.69, 9.17) is 0 Å². The third kappa shape index (κ3) is 2.10. The summed E-state index contributed by atoms with van der Waals surface area (Å²) < 4.78 is 26.5. The minimum atomic E-state index is -0.863. The number of benzene rings is 1. The second kappa shape index (κ2) is 4.65. The predicted octanol–water partition coefficient (Wildman–Crippen LogP) is 2.38. The number of H-pyrrole nitrogens is 1. The summed E-state index contributed by atoms with van der Waals surface area (Å²) in [6, 6.07) is 2.65. The van der Waals surface area contributed by atoms with Crippen molar-refractivity contribution >= 4 is 11.0 Å². The lowest BCUT2D eigenvalue weighted by molar-refractivity contribution is 0.514. The normalized spacial score (nSPS) is 19.8. The van der Waals surface area contributed by atoms with Crippen LogP contribution in [0.2, 0.25) is 0 Å². The van der Waals surface area contributed by atoms with Crippen LogP contribution >= 0.6 is 0 Å². The van der Waals surface area contributed by atoms with E-state index in [1.807, 2.05) is 0 Å². The van der Waals surface area contributed by atoms with E-state index in [9.17, 15) is 8.78 Å². The smallest absolute Gasteiger partial charge is 0.186 e. The fourth-order valence-electron chi connectivity index (χ4n) is 2.49. The van der Waals surface area contributed by atoms with Crippen LogP contribution in [0.3, 0.4) is 0 Å². The summed E-state index contributed by atoms with van der Waals surface area (Å²) in [4.78, 5) is 7.19. The number of halogens is 2. The van der Waals surface area contributed by atoms with Gasteiger partial charge in [0.1, 0.15) is 11.3 Å². The summed E-state index contributed by atoms with van der Waals surface area (Å²) in [7, 11) is 0. The summed E-state index contributed by atoms with van der Waals surface area (Å²) in [6.07, 6.45) is 2.99. The summed E-state index contributed by atoms with van der Waals surface area (Å²) in [5.74, 6) is -0.306. The van der Waals surface area contributed by atoms with Gasteiger partial charge in [-0.05, 0) is 44.0 Å². The maximum atomic E-state index is 13.5. The van der Waals surface area contributed by atoms with Crippen LogP contribution in [0.25, 0.3) is 11.0 Å². The Kier molecular flexibility index (Phi) is 2.99. The number of rotatable bonds is 3. The number of aromatic nitrogens is 2. The number of hydrogen-bond acceptors (Lipinski definition) is 2. The lowest BCUT2D eigenvalue weighted by Crippen LogP contribution is -2.09. The summed E-state index contributed by atoms with van der Waals surface area (Å²) in [5, 5.41) is 3.31. The largest absolute Gasteiger partial charge is 0.342 e. The molecule has 5 heteroatoms. The summed E-state index contributed by atoms with van der Waals surface area (Å²) >= 11 is 0. The maximum Gasteiger partial charge on any atom is 0.186 e. The standard InChI is InChI=1S/C13H15F2N3/c14-9-2-3-10-13(12(9)15)18-11(17-10)4-1-8-5-6-16-7-8/h2-3,8,16H,1,4-7H2,(H,17,18). The van der Waals surface area contributed by atoms with Gasteiger partial charge < -0.3 is 10.3 Å². The van der Waals surface area contributed by atoms with E-state index >= 15 is 0 Å². The Balaban J connectivity index is 1.78. The highest BCUT2D eigenvalue weighted by molar-refractivity contribution is 5.75.